The Morgan fingerprint density at radius 2 is 1.40 bits per heavy atom. The summed E-state index contributed by atoms with van der Waals surface area (Å²) in [5.74, 6) is 0. The van der Waals surface area contributed by atoms with Gasteiger partial charge in [0, 0.05) is 0 Å². The Labute approximate surface area is 118 Å². The third-order valence-corrected chi connectivity index (χ3v) is 1.73. The number of hydrogen-bond donors (Lipinski definition) is 0. The molecule has 7 nitrogen and oxygen atoms in total. The molecule has 0 fully saturated rings. The van der Waals surface area contributed by atoms with E-state index >= 15 is 0 Å². The number of rotatable bonds is 3. The van der Waals surface area contributed by atoms with Gasteiger partial charge in [0.2, 0.25) is 6.08 Å². The van der Waals surface area contributed by atoms with Crippen molar-refractivity contribution >= 4 is 18.3 Å². The van der Waals surface area contributed by atoms with Gasteiger partial charge in [-0.3, -0.25) is 0 Å². The summed E-state index contributed by atoms with van der Waals surface area (Å²) in [7, 11) is 0. The van der Waals surface area contributed by atoms with Gasteiger partial charge in [-0.05, 0) is 41.5 Å². The van der Waals surface area contributed by atoms with Crippen LogP contribution in [0, 0.1) is 0 Å². The van der Waals surface area contributed by atoms with Crippen molar-refractivity contribution in [3.8, 4) is 0 Å². The van der Waals surface area contributed by atoms with Crippen molar-refractivity contribution in [1.82, 2.24) is 4.90 Å². The first kappa shape index (κ1) is 18.1. The van der Waals surface area contributed by atoms with Crippen molar-refractivity contribution in [3.05, 3.63) is 0 Å². The lowest BCUT2D eigenvalue weighted by Gasteiger charge is -2.28. The third kappa shape index (κ3) is 8.26. The lowest BCUT2D eigenvalue weighted by molar-refractivity contribution is 0.00209. The second-order valence-corrected chi connectivity index (χ2v) is 6.09. The second kappa shape index (κ2) is 7.05. The summed E-state index contributed by atoms with van der Waals surface area (Å²) in [6.07, 6.45) is -0.338. The molecule has 0 aliphatic rings. The Morgan fingerprint density at radius 1 is 1.00 bits per heavy atom. The molecule has 0 N–H and O–H groups in total. The van der Waals surface area contributed by atoms with Gasteiger partial charge in [0.25, 0.3) is 0 Å². The van der Waals surface area contributed by atoms with Gasteiger partial charge in [-0.1, -0.05) is 0 Å². The van der Waals surface area contributed by atoms with Crippen LogP contribution in [0.5, 0.6) is 0 Å². The summed E-state index contributed by atoms with van der Waals surface area (Å²) >= 11 is 0. The van der Waals surface area contributed by atoms with Gasteiger partial charge in [-0.15, -0.1) is 0 Å². The number of nitrogens with zero attached hydrogens (tertiary/aromatic N) is 2. The summed E-state index contributed by atoms with van der Waals surface area (Å²) < 4.78 is 10.2. The van der Waals surface area contributed by atoms with Gasteiger partial charge < -0.3 is 9.47 Å². The normalized spacial score (nSPS) is 11.3. The lowest BCUT2D eigenvalue weighted by Crippen LogP contribution is -2.44. The zero-order chi connectivity index (χ0) is 16.0. The Bertz CT molecular complexity index is 372. The number of imide groups is 1. The van der Waals surface area contributed by atoms with Crippen LogP contribution in [0.15, 0.2) is 4.99 Å². The summed E-state index contributed by atoms with van der Waals surface area (Å²) in [6.45, 7) is 9.93. The van der Waals surface area contributed by atoms with Crippen molar-refractivity contribution in [3.63, 3.8) is 0 Å². The van der Waals surface area contributed by atoms with Gasteiger partial charge in [-0.2, -0.15) is 0 Å². The van der Waals surface area contributed by atoms with Gasteiger partial charge in [0.1, 0.15) is 11.2 Å². The predicted octanol–water partition coefficient (Wildman–Crippen LogP) is 2.49. The predicted molar refractivity (Wildman–Crippen MR) is 72.2 cm³/mol. The number of aliphatic imine (C=N–C) groups is 1. The van der Waals surface area contributed by atoms with Crippen molar-refractivity contribution in [2.75, 3.05) is 13.1 Å². The quantitative estimate of drug-likeness (QED) is 0.587. The van der Waals surface area contributed by atoms with E-state index in [0.29, 0.717) is 0 Å². The number of amides is 2. The molecule has 114 valence electrons. The number of ether oxygens (including phenoxy) is 2. The van der Waals surface area contributed by atoms with E-state index in [2.05, 4.69) is 4.99 Å². The smallest absolute Gasteiger partial charge is 0.419 e. The molecular weight excluding hydrogens is 264 g/mol. The van der Waals surface area contributed by atoms with Gasteiger partial charge in [-0.25, -0.2) is 24.3 Å². The monoisotopic (exact) mass is 286 g/mol. The van der Waals surface area contributed by atoms with Crippen LogP contribution < -0.4 is 0 Å². The average Bonchev–Trinajstić information content (AvgIpc) is 2.18. The molecular formula is C13H22N2O5. The molecule has 7 heteroatoms. The van der Waals surface area contributed by atoms with Crippen LogP contribution in [-0.2, 0) is 14.3 Å². The average molecular weight is 286 g/mol. The molecule has 0 unspecified atom stereocenters. The highest BCUT2D eigenvalue weighted by Crippen LogP contribution is 2.14. The Balaban J connectivity index is 4.92. The number of carbonyl (C=O) groups is 2. The third-order valence-electron chi connectivity index (χ3n) is 1.73. The van der Waals surface area contributed by atoms with E-state index in [0.717, 1.165) is 4.90 Å². The zero-order valence-corrected chi connectivity index (χ0v) is 12.8. The molecule has 0 aromatic carbocycles. The maximum atomic E-state index is 11.9. The lowest BCUT2D eigenvalue weighted by atomic mass is 10.2. The van der Waals surface area contributed by atoms with Crippen LogP contribution in [0.1, 0.15) is 41.5 Å². The highest BCUT2D eigenvalue weighted by molar-refractivity contribution is 5.88. The number of hydrogen-bond acceptors (Lipinski definition) is 6. The summed E-state index contributed by atoms with van der Waals surface area (Å²) in [6, 6.07) is 0. The van der Waals surface area contributed by atoms with Crippen LogP contribution in [0.25, 0.3) is 0 Å². The molecule has 0 bridgehead atoms. The molecule has 0 spiro atoms. The minimum atomic E-state index is -0.840. The molecule has 0 aromatic rings. The van der Waals surface area contributed by atoms with Crippen molar-refractivity contribution in [2.24, 2.45) is 4.99 Å². The van der Waals surface area contributed by atoms with E-state index in [-0.39, 0.29) is 13.1 Å². The number of isocyanates is 1. The Hall–Kier alpha value is -1.88. The Kier molecular flexibility index (Phi) is 6.39. The van der Waals surface area contributed by atoms with Crippen molar-refractivity contribution in [1.29, 1.82) is 0 Å². The van der Waals surface area contributed by atoms with E-state index in [9.17, 15) is 14.4 Å². The summed E-state index contributed by atoms with van der Waals surface area (Å²) in [5.41, 5.74) is -1.49. The van der Waals surface area contributed by atoms with Crippen molar-refractivity contribution < 1.29 is 23.9 Å². The van der Waals surface area contributed by atoms with Gasteiger partial charge in [0.05, 0.1) is 13.1 Å². The largest absolute Gasteiger partial charge is 0.443 e. The first-order chi connectivity index (χ1) is 8.96. The van der Waals surface area contributed by atoms with Crippen LogP contribution >= 0.6 is 0 Å². The number of carbonyl (C=O) groups excluding carboxylic acids is 3. The van der Waals surface area contributed by atoms with E-state index < -0.39 is 23.4 Å². The highest BCUT2D eigenvalue weighted by Gasteiger charge is 2.30. The van der Waals surface area contributed by atoms with Crippen LogP contribution in [-0.4, -0.2) is 47.5 Å². The second-order valence-electron chi connectivity index (χ2n) is 6.09. The van der Waals surface area contributed by atoms with E-state index in [1.807, 2.05) is 0 Å². The van der Waals surface area contributed by atoms with Crippen LogP contribution in [0.3, 0.4) is 0 Å². The van der Waals surface area contributed by atoms with Crippen LogP contribution in [0.2, 0.25) is 0 Å². The fourth-order valence-corrected chi connectivity index (χ4v) is 1.09. The maximum Gasteiger partial charge on any atom is 0.419 e. The van der Waals surface area contributed by atoms with E-state index in [4.69, 9.17) is 9.47 Å². The summed E-state index contributed by atoms with van der Waals surface area (Å²) in [5, 5.41) is 0. The zero-order valence-electron chi connectivity index (χ0n) is 12.8. The molecule has 0 saturated heterocycles. The molecule has 0 rings (SSSR count). The molecule has 20 heavy (non-hydrogen) atoms. The van der Waals surface area contributed by atoms with Crippen LogP contribution in [0.4, 0.5) is 9.59 Å². The first-order valence-corrected chi connectivity index (χ1v) is 6.23. The topological polar surface area (TPSA) is 85.3 Å². The minimum absolute atomic E-state index is 0.0536. The molecule has 0 aliphatic carbocycles. The highest BCUT2D eigenvalue weighted by atomic mass is 16.6. The molecule has 2 amide bonds. The Morgan fingerprint density at radius 3 is 1.70 bits per heavy atom. The van der Waals surface area contributed by atoms with Gasteiger partial charge >= 0.3 is 12.2 Å². The SMILES string of the molecule is CC(C)(C)OC(=O)N(CCN=C=O)C(=O)OC(C)(C)C. The molecule has 0 saturated carbocycles. The van der Waals surface area contributed by atoms with E-state index in [1.54, 1.807) is 41.5 Å². The molecule has 0 radical (unpaired) electrons. The minimum Gasteiger partial charge on any atom is -0.443 e. The first-order valence-electron chi connectivity index (χ1n) is 6.23. The van der Waals surface area contributed by atoms with Crippen molar-refractivity contribution in [2.45, 2.75) is 52.7 Å². The fraction of sp³-hybridized carbons (Fsp3) is 0.769. The summed E-state index contributed by atoms with van der Waals surface area (Å²) in [4.78, 5) is 38.0. The van der Waals surface area contributed by atoms with Gasteiger partial charge in [0.15, 0.2) is 0 Å². The standard InChI is InChI=1S/C13H22N2O5/c1-12(2,3)19-10(17)15(8-7-14-9-16)11(18)20-13(4,5)6/h7-8H2,1-6H3. The molecule has 0 atom stereocenters. The molecule has 0 aromatic heterocycles. The fourth-order valence-electron chi connectivity index (χ4n) is 1.09. The van der Waals surface area contributed by atoms with E-state index in [1.165, 1.54) is 6.08 Å². The molecule has 0 heterocycles. The maximum absolute atomic E-state index is 11.9. The molecule has 0 aliphatic heterocycles.